The topological polar surface area (TPSA) is 101 Å². The number of aliphatic hydroxyl groups excluding tert-OH is 1. The largest absolute Gasteiger partial charge is 0.389 e. The Hall–Kier alpha value is -2.72. The Bertz CT molecular complexity index is 1190. The Morgan fingerprint density at radius 1 is 1.11 bits per heavy atom. The van der Waals surface area contributed by atoms with Crippen molar-refractivity contribution in [2.75, 3.05) is 31.7 Å². The fourth-order valence-electron chi connectivity index (χ4n) is 4.87. The molecule has 0 unspecified atom stereocenters. The molecule has 3 atom stereocenters. The van der Waals surface area contributed by atoms with Gasteiger partial charge in [0.25, 0.3) is 0 Å². The highest BCUT2D eigenvalue weighted by Gasteiger charge is 2.25. The number of hydrogen-bond acceptors (Lipinski definition) is 8. The third kappa shape index (κ3) is 5.28. The zero-order valence-corrected chi connectivity index (χ0v) is 20.1. The summed E-state index contributed by atoms with van der Waals surface area (Å²) < 4.78 is 25.6. The molecule has 5 rings (SSSR count). The van der Waals surface area contributed by atoms with Gasteiger partial charge in [0, 0.05) is 42.9 Å². The molecule has 2 aromatic heterocycles. The van der Waals surface area contributed by atoms with Crippen LogP contribution in [0.2, 0.25) is 0 Å². The van der Waals surface area contributed by atoms with Gasteiger partial charge in [0.05, 0.1) is 37.1 Å². The number of fused-ring (bicyclic) bond motifs is 1. The van der Waals surface area contributed by atoms with Crippen LogP contribution in [0.1, 0.15) is 43.7 Å². The summed E-state index contributed by atoms with van der Waals surface area (Å²) in [7, 11) is 0. The van der Waals surface area contributed by atoms with E-state index in [2.05, 4.69) is 39.4 Å². The van der Waals surface area contributed by atoms with E-state index in [0.29, 0.717) is 31.2 Å². The Morgan fingerprint density at radius 3 is 2.71 bits per heavy atom. The van der Waals surface area contributed by atoms with Crippen molar-refractivity contribution in [1.29, 1.82) is 0 Å². The lowest BCUT2D eigenvalue weighted by Crippen LogP contribution is -2.42. The minimum atomic E-state index is -0.663. The number of halogens is 1. The number of benzene rings is 1. The quantitative estimate of drug-likeness (QED) is 0.472. The number of hydrogen-bond donors (Lipinski definition) is 3. The van der Waals surface area contributed by atoms with Crippen LogP contribution in [-0.4, -0.2) is 64.7 Å². The zero-order chi connectivity index (χ0) is 24.4. The third-order valence-corrected chi connectivity index (χ3v) is 6.74. The number of anilines is 1. The van der Waals surface area contributed by atoms with E-state index >= 15 is 0 Å². The second-order valence-corrected chi connectivity index (χ2v) is 9.60. The smallest absolute Gasteiger partial charge is 0.223 e. The van der Waals surface area contributed by atoms with E-state index in [9.17, 15) is 9.50 Å². The van der Waals surface area contributed by atoms with E-state index < -0.39 is 11.9 Å². The van der Waals surface area contributed by atoms with E-state index in [-0.39, 0.29) is 30.2 Å². The van der Waals surface area contributed by atoms with Gasteiger partial charge in [0.2, 0.25) is 5.95 Å². The Balaban J connectivity index is 1.47. The highest BCUT2D eigenvalue weighted by molar-refractivity contribution is 5.88. The number of nitrogens with one attached hydrogen (secondary N) is 2. The van der Waals surface area contributed by atoms with Crippen molar-refractivity contribution in [3.05, 3.63) is 47.5 Å². The maximum absolute atomic E-state index is 14.9. The number of nitrogens with zero attached hydrogens (tertiary/aromatic N) is 3. The molecule has 3 aromatic rings. The molecule has 4 heterocycles. The lowest BCUT2D eigenvalue weighted by atomic mass is 9.92. The first-order valence-corrected chi connectivity index (χ1v) is 12.3. The molecule has 8 nitrogen and oxygen atoms in total. The Morgan fingerprint density at radius 2 is 1.94 bits per heavy atom. The molecule has 0 amide bonds. The van der Waals surface area contributed by atoms with E-state index in [1.54, 1.807) is 0 Å². The molecular formula is C26H32FN5O3. The molecule has 2 aliphatic heterocycles. The average Bonchev–Trinajstić information content (AvgIpc) is 3.38. The maximum Gasteiger partial charge on any atom is 0.223 e. The molecule has 9 heteroatoms. The van der Waals surface area contributed by atoms with E-state index in [1.807, 2.05) is 24.4 Å². The summed E-state index contributed by atoms with van der Waals surface area (Å²) in [4.78, 5) is 13.2. The Labute approximate surface area is 204 Å². The number of aliphatic hydroxyl groups is 1. The number of rotatable bonds is 7. The van der Waals surface area contributed by atoms with Gasteiger partial charge in [-0.05, 0) is 42.0 Å². The molecule has 2 aliphatic rings. The summed E-state index contributed by atoms with van der Waals surface area (Å²) >= 11 is 0. The number of pyridine rings is 1. The fourth-order valence-corrected chi connectivity index (χ4v) is 4.87. The molecule has 2 saturated heterocycles. The molecule has 1 aromatic carbocycles. The van der Waals surface area contributed by atoms with Crippen molar-refractivity contribution in [3.8, 4) is 11.3 Å². The van der Waals surface area contributed by atoms with Gasteiger partial charge >= 0.3 is 0 Å². The van der Waals surface area contributed by atoms with Crippen molar-refractivity contribution >= 4 is 16.9 Å². The predicted molar refractivity (Wildman–Crippen MR) is 132 cm³/mol. The van der Waals surface area contributed by atoms with Crippen LogP contribution in [0, 0.1) is 5.82 Å². The summed E-state index contributed by atoms with van der Waals surface area (Å²) in [5.41, 5.74) is 4.07. The molecule has 3 N–H and O–H groups in total. The van der Waals surface area contributed by atoms with Gasteiger partial charge in [0.15, 0.2) is 5.82 Å². The van der Waals surface area contributed by atoms with Crippen LogP contribution in [0.4, 0.5) is 10.3 Å². The van der Waals surface area contributed by atoms with Gasteiger partial charge in [-0.15, -0.1) is 0 Å². The molecule has 0 radical (unpaired) electrons. The van der Waals surface area contributed by atoms with Crippen LogP contribution in [0.3, 0.4) is 0 Å². The Kier molecular flexibility index (Phi) is 7.19. The molecule has 0 spiro atoms. The average molecular weight is 482 g/mol. The van der Waals surface area contributed by atoms with Crippen LogP contribution in [-0.2, 0) is 16.0 Å². The van der Waals surface area contributed by atoms with Gasteiger partial charge in [-0.2, -0.15) is 0 Å². The van der Waals surface area contributed by atoms with Gasteiger partial charge in [-0.25, -0.2) is 14.4 Å². The van der Waals surface area contributed by atoms with Crippen LogP contribution >= 0.6 is 0 Å². The van der Waals surface area contributed by atoms with E-state index in [0.717, 1.165) is 36.1 Å². The summed E-state index contributed by atoms with van der Waals surface area (Å²) in [6.45, 7) is 7.36. The van der Waals surface area contributed by atoms with Gasteiger partial charge in [0.1, 0.15) is 5.69 Å². The van der Waals surface area contributed by atoms with Crippen molar-refractivity contribution < 1.29 is 19.0 Å². The molecular weight excluding hydrogens is 449 g/mol. The molecule has 2 fully saturated rings. The van der Waals surface area contributed by atoms with Crippen molar-refractivity contribution in [2.45, 2.75) is 57.3 Å². The second-order valence-electron chi connectivity index (χ2n) is 9.60. The summed E-state index contributed by atoms with van der Waals surface area (Å²) in [6.07, 6.45) is 4.08. The first kappa shape index (κ1) is 24.0. The van der Waals surface area contributed by atoms with Crippen LogP contribution in [0.25, 0.3) is 22.2 Å². The van der Waals surface area contributed by atoms with Gasteiger partial charge in [-0.3, -0.25) is 4.98 Å². The normalized spacial score (nSPS) is 22.7. The number of aromatic nitrogens is 3. The van der Waals surface area contributed by atoms with Crippen molar-refractivity contribution in [3.63, 3.8) is 0 Å². The first-order chi connectivity index (χ1) is 17.0. The summed E-state index contributed by atoms with van der Waals surface area (Å²) in [6, 6.07) is 5.84. The number of ether oxygens (including phenoxy) is 2. The van der Waals surface area contributed by atoms with Crippen LogP contribution < -0.4 is 10.6 Å². The zero-order valence-electron chi connectivity index (χ0n) is 20.1. The molecule has 0 saturated carbocycles. The molecule has 0 bridgehead atoms. The molecule has 35 heavy (non-hydrogen) atoms. The van der Waals surface area contributed by atoms with Gasteiger partial charge in [-0.1, -0.05) is 19.9 Å². The monoisotopic (exact) mass is 481 g/mol. The molecule has 186 valence electrons. The van der Waals surface area contributed by atoms with Crippen LogP contribution in [0.5, 0.6) is 0 Å². The van der Waals surface area contributed by atoms with E-state index in [1.165, 1.54) is 11.8 Å². The summed E-state index contributed by atoms with van der Waals surface area (Å²) in [5.74, 6) is 0.0433. The molecule has 0 aliphatic carbocycles. The first-order valence-electron chi connectivity index (χ1n) is 12.3. The predicted octanol–water partition coefficient (Wildman–Crippen LogP) is 3.39. The minimum Gasteiger partial charge on any atom is -0.389 e. The standard InChI is InChI=1S/C26H32FN5O3/c1-15(2)24-17(10-28-18-5-7-34-13-18)11-29-21-4-3-16(9-19(21)24)25-20(27)12-30-26(32-25)31-22-6-8-35-14-23(22)33/h3-4,9,11-12,15,18,22-23,28,33H,5-8,10,13-14H2,1-2H3,(H,30,31,32)/t18-,22-,23-/m1/s1. The van der Waals surface area contributed by atoms with Crippen molar-refractivity contribution in [2.24, 2.45) is 0 Å². The lowest BCUT2D eigenvalue weighted by Gasteiger charge is -2.28. The highest BCUT2D eigenvalue weighted by atomic mass is 19.1. The highest BCUT2D eigenvalue weighted by Crippen LogP contribution is 2.32. The second kappa shape index (κ2) is 10.5. The van der Waals surface area contributed by atoms with E-state index in [4.69, 9.17) is 9.47 Å². The maximum atomic E-state index is 14.9. The SMILES string of the molecule is CC(C)c1c(CN[C@@H]2CCOC2)cnc2ccc(-c3nc(N[C@@H]4CCOC[C@H]4O)ncc3F)cc12. The lowest BCUT2D eigenvalue weighted by molar-refractivity contribution is -0.0136. The van der Waals surface area contributed by atoms with Gasteiger partial charge < -0.3 is 25.2 Å². The van der Waals surface area contributed by atoms with Crippen molar-refractivity contribution in [1.82, 2.24) is 20.3 Å². The minimum absolute atomic E-state index is 0.215. The third-order valence-electron chi connectivity index (χ3n) is 6.74. The summed E-state index contributed by atoms with van der Waals surface area (Å²) in [5, 5.41) is 17.9. The van der Waals surface area contributed by atoms with Crippen LogP contribution in [0.15, 0.2) is 30.6 Å². The fraction of sp³-hybridized carbons (Fsp3) is 0.500.